The molecular weight excluding hydrogens is 252 g/mol. The summed E-state index contributed by atoms with van der Waals surface area (Å²) in [5.74, 6) is 0. The lowest BCUT2D eigenvalue weighted by molar-refractivity contribution is -1.05. The van der Waals surface area contributed by atoms with E-state index in [0.29, 0.717) is 0 Å². The van der Waals surface area contributed by atoms with Crippen molar-refractivity contribution in [3.8, 4) is 0 Å². The van der Waals surface area contributed by atoms with Crippen molar-refractivity contribution in [2.45, 2.75) is 40.8 Å². The molecule has 0 N–H and O–H groups in total. The van der Waals surface area contributed by atoms with Crippen LogP contribution >= 0.6 is 0 Å². The van der Waals surface area contributed by atoms with E-state index in [4.69, 9.17) is 0 Å². The molecule has 0 saturated carbocycles. The summed E-state index contributed by atoms with van der Waals surface area (Å²) in [5.41, 5.74) is 0. The van der Waals surface area contributed by atoms with E-state index in [0.717, 1.165) is 8.52 Å². The Bertz CT molecular complexity index is 243. The number of hydrogen-bond donors (Lipinski definition) is 0. The first kappa shape index (κ1) is 19.1. The molecule has 0 aliphatic carbocycles. The van der Waals surface area contributed by atoms with E-state index in [2.05, 4.69) is 79.0 Å². The highest BCUT2D eigenvalue weighted by atomic mass is 28.3. The van der Waals surface area contributed by atoms with Crippen molar-refractivity contribution in [1.82, 2.24) is 10.0 Å². The Morgan fingerprint density at radius 1 is 0.632 bits per heavy atom. The fourth-order valence-electron chi connectivity index (χ4n) is 4.45. The lowest BCUT2D eigenvalue weighted by Crippen LogP contribution is -2.86. The standard InChI is InChI=1S/C14H38N4Si/c1-11-17(12-2,15(5)6)19(9,10)18(13-3,14-4)16(7)8/h11-14H2,1-10H3/q+2. The molecule has 0 radical (unpaired) electrons. The maximum atomic E-state index is 2.56. The molecule has 4 nitrogen and oxygen atoms in total. The van der Waals surface area contributed by atoms with Gasteiger partial charge in [-0.1, -0.05) is 0 Å². The molecule has 0 unspecified atom stereocenters. The van der Waals surface area contributed by atoms with Gasteiger partial charge < -0.3 is 0 Å². The van der Waals surface area contributed by atoms with E-state index in [1.54, 1.807) is 0 Å². The third kappa shape index (κ3) is 2.63. The highest BCUT2D eigenvalue weighted by molar-refractivity contribution is 6.62. The molecule has 0 heterocycles. The summed E-state index contributed by atoms with van der Waals surface area (Å²) in [4.78, 5) is 0. The molecule has 19 heavy (non-hydrogen) atoms. The van der Waals surface area contributed by atoms with Crippen LogP contribution in [0.3, 0.4) is 0 Å². The largest absolute Gasteiger partial charge is 0.553 e. The molecule has 0 bridgehead atoms. The third-order valence-corrected chi connectivity index (χ3v) is 11.8. The van der Waals surface area contributed by atoms with Gasteiger partial charge in [-0.2, -0.15) is 10.0 Å². The summed E-state index contributed by atoms with van der Waals surface area (Å²) < 4.78 is 2.26. The van der Waals surface area contributed by atoms with Crippen molar-refractivity contribution in [3.63, 3.8) is 0 Å². The minimum absolute atomic E-state index is 1.13. The van der Waals surface area contributed by atoms with Crippen LogP contribution in [0.4, 0.5) is 0 Å². The SMILES string of the molecule is CC[N+](CC)(N(C)C)[Si](C)(C)[N+](CC)(CC)N(C)C. The van der Waals surface area contributed by atoms with Crippen molar-refractivity contribution in [2.75, 3.05) is 54.4 Å². The zero-order valence-electron chi connectivity index (χ0n) is 15.1. The van der Waals surface area contributed by atoms with Gasteiger partial charge >= 0.3 is 8.40 Å². The van der Waals surface area contributed by atoms with Crippen LogP contribution < -0.4 is 0 Å². The van der Waals surface area contributed by atoms with Crippen LogP contribution in [0.5, 0.6) is 0 Å². The van der Waals surface area contributed by atoms with Gasteiger partial charge in [-0.3, -0.25) is 8.52 Å². The number of rotatable bonds is 8. The summed E-state index contributed by atoms with van der Waals surface area (Å²) >= 11 is 0. The first-order valence-electron chi connectivity index (χ1n) is 7.73. The fraction of sp³-hybridized carbons (Fsp3) is 1.00. The fourth-order valence-corrected chi connectivity index (χ4v) is 10.2. The molecule has 0 rings (SSSR count). The molecule has 0 spiro atoms. The van der Waals surface area contributed by atoms with Gasteiger partial charge in [0.1, 0.15) is 0 Å². The van der Waals surface area contributed by atoms with Crippen molar-refractivity contribution in [1.29, 1.82) is 0 Å². The van der Waals surface area contributed by atoms with Gasteiger partial charge in [0.2, 0.25) is 0 Å². The molecule has 116 valence electrons. The molecule has 0 aromatic carbocycles. The van der Waals surface area contributed by atoms with Crippen molar-refractivity contribution in [2.24, 2.45) is 0 Å². The Balaban J connectivity index is 6.02. The van der Waals surface area contributed by atoms with Gasteiger partial charge in [-0.05, 0) is 27.7 Å². The van der Waals surface area contributed by atoms with Crippen LogP contribution in [0.15, 0.2) is 0 Å². The minimum Gasteiger partial charge on any atom is -0.254 e. The Morgan fingerprint density at radius 2 is 0.842 bits per heavy atom. The first-order chi connectivity index (χ1) is 8.63. The lowest BCUT2D eigenvalue weighted by atomic mass is 10.6. The second kappa shape index (κ2) is 6.67. The predicted octanol–water partition coefficient (Wildman–Crippen LogP) is 2.35. The van der Waals surface area contributed by atoms with Gasteiger partial charge in [-0.25, -0.2) is 0 Å². The summed E-state index contributed by atoms with van der Waals surface area (Å²) in [6.07, 6.45) is 0. The Labute approximate surface area is 122 Å². The molecule has 0 saturated heterocycles. The van der Waals surface area contributed by atoms with Crippen LogP contribution in [0.2, 0.25) is 13.1 Å². The Kier molecular flexibility index (Phi) is 6.69. The molecule has 5 heteroatoms. The lowest BCUT2D eigenvalue weighted by Gasteiger charge is -2.58. The smallest absolute Gasteiger partial charge is 0.254 e. The summed E-state index contributed by atoms with van der Waals surface area (Å²) in [6.45, 7) is 19.2. The second-order valence-electron chi connectivity index (χ2n) is 6.30. The first-order valence-corrected chi connectivity index (χ1v) is 10.6. The topological polar surface area (TPSA) is 6.48 Å². The van der Waals surface area contributed by atoms with Gasteiger partial charge in [0.05, 0.1) is 26.2 Å². The van der Waals surface area contributed by atoms with E-state index in [1.165, 1.54) is 26.2 Å². The van der Waals surface area contributed by atoms with E-state index in [1.807, 2.05) is 0 Å². The molecule has 0 amide bonds. The maximum absolute atomic E-state index is 2.56. The van der Waals surface area contributed by atoms with Crippen LogP contribution in [-0.2, 0) is 0 Å². The monoisotopic (exact) mass is 290 g/mol. The number of quaternary nitrogens is 2. The van der Waals surface area contributed by atoms with Gasteiger partial charge in [0.25, 0.3) is 0 Å². The van der Waals surface area contributed by atoms with Crippen molar-refractivity contribution < 1.29 is 8.52 Å². The van der Waals surface area contributed by atoms with E-state index in [-0.39, 0.29) is 0 Å². The maximum Gasteiger partial charge on any atom is 0.553 e. The van der Waals surface area contributed by atoms with Crippen molar-refractivity contribution >= 4 is 8.40 Å². The molecule has 0 aliphatic rings. The van der Waals surface area contributed by atoms with Gasteiger partial charge in [-0.15, -0.1) is 0 Å². The van der Waals surface area contributed by atoms with Crippen LogP contribution in [-0.4, -0.2) is 81.3 Å². The van der Waals surface area contributed by atoms with Crippen LogP contribution in [0.25, 0.3) is 0 Å². The van der Waals surface area contributed by atoms with Gasteiger partial charge in [0.15, 0.2) is 0 Å². The predicted molar refractivity (Wildman–Crippen MR) is 87.5 cm³/mol. The van der Waals surface area contributed by atoms with E-state index >= 15 is 0 Å². The van der Waals surface area contributed by atoms with Crippen LogP contribution in [0.1, 0.15) is 27.7 Å². The Hall–Kier alpha value is 0.0569. The van der Waals surface area contributed by atoms with Gasteiger partial charge in [0, 0.05) is 41.3 Å². The number of nitrogens with zero attached hydrogens (tertiary/aromatic N) is 4. The third-order valence-electron chi connectivity index (χ3n) is 5.66. The highest BCUT2D eigenvalue weighted by Gasteiger charge is 2.66. The summed E-state index contributed by atoms with van der Waals surface area (Å²) in [5, 5.41) is 4.90. The second-order valence-corrected chi connectivity index (χ2v) is 11.0. The van der Waals surface area contributed by atoms with E-state index < -0.39 is 8.40 Å². The molecule has 0 atom stereocenters. The zero-order chi connectivity index (χ0) is 15.5. The molecule has 0 aromatic rings. The van der Waals surface area contributed by atoms with Crippen molar-refractivity contribution in [3.05, 3.63) is 0 Å². The quantitative estimate of drug-likeness (QED) is 0.500. The van der Waals surface area contributed by atoms with E-state index in [9.17, 15) is 0 Å². The molecule has 0 aliphatic heterocycles. The Morgan fingerprint density at radius 3 is 0.947 bits per heavy atom. The molecule has 0 fully saturated rings. The molecule has 0 aromatic heterocycles. The number of hydrogen-bond acceptors (Lipinski definition) is 2. The summed E-state index contributed by atoms with van der Waals surface area (Å²) in [7, 11) is 7.33. The van der Waals surface area contributed by atoms with Crippen LogP contribution in [0, 0.1) is 0 Å². The molecular formula is C14H38N4Si+2. The average Bonchev–Trinajstić information content (AvgIpc) is 2.31. The zero-order valence-corrected chi connectivity index (χ0v) is 16.1. The highest BCUT2D eigenvalue weighted by Crippen LogP contribution is 2.33. The average molecular weight is 291 g/mol. The minimum atomic E-state index is -1.66. The normalized spacial score (nSPS) is 14.5. The summed E-state index contributed by atoms with van der Waals surface area (Å²) in [6, 6.07) is 0.